The molecule has 0 spiro atoms. The molecule has 102 valence electrons. The number of nitrogens with one attached hydrogen (secondary N) is 1. The van der Waals surface area contributed by atoms with E-state index in [1.54, 1.807) is 18.6 Å². The molecule has 2 rings (SSSR count). The molecule has 0 saturated heterocycles. The molecule has 5 heteroatoms. The summed E-state index contributed by atoms with van der Waals surface area (Å²) in [5, 5.41) is 3.41. The third-order valence-electron chi connectivity index (χ3n) is 2.75. The normalized spacial score (nSPS) is 11.8. The van der Waals surface area contributed by atoms with Gasteiger partial charge in [-0.05, 0) is 20.8 Å². The number of aromatic nitrogens is 4. The molecule has 2 heterocycles. The van der Waals surface area contributed by atoms with E-state index in [9.17, 15) is 0 Å². The Hall–Kier alpha value is -1.75. The van der Waals surface area contributed by atoms with Gasteiger partial charge in [0.1, 0.15) is 5.82 Å². The fraction of sp³-hybridized carbons (Fsp3) is 0.500. The van der Waals surface area contributed by atoms with Crippen LogP contribution in [-0.2, 0) is 13.0 Å². The Morgan fingerprint density at radius 2 is 2.05 bits per heavy atom. The SMILES string of the molecule is CCc1nccn1-c1cncc(CNC(C)(C)C)n1. The van der Waals surface area contributed by atoms with E-state index in [0.717, 1.165) is 23.8 Å². The number of rotatable bonds is 4. The predicted molar refractivity (Wildman–Crippen MR) is 75.1 cm³/mol. The maximum atomic E-state index is 4.62. The Morgan fingerprint density at radius 3 is 2.74 bits per heavy atom. The van der Waals surface area contributed by atoms with E-state index in [4.69, 9.17) is 0 Å². The molecule has 0 aliphatic rings. The van der Waals surface area contributed by atoms with Crippen molar-refractivity contribution in [2.45, 2.75) is 46.2 Å². The minimum absolute atomic E-state index is 0.0707. The van der Waals surface area contributed by atoms with E-state index in [1.807, 2.05) is 10.8 Å². The summed E-state index contributed by atoms with van der Waals surface area (Å²) in [6, 6.07) is 0. The van der Waals surface area contributed by atoms with Gasteiger partial charge in [0.2, 0.25) is 0 Å². The number of hydrogen-bond donors (Lipinski definition) is 1. The van der Waals surface area contributed by atoms with Crippen LogP contribution in [0.4, 0.5) is 0 Å². The number of imidazole rings is 1. The van der Waals surface area contributed by atoms with Gasteiger partial charge in [0.05, 0.1) is 11.9 Å². The van der Waals surface area contributed by atoms with E-state index in [2.05, 4.69) is 48.0 Å². The molecular formula is C14H21N5. The molecule has 0 unspecified atom stereocenters. The van der Waals surface area contributed by atoms with Gasteiger partial charge in [-0.1, -0.05) is 6.92 Å². The fourth-order valence-electron chi connectivity index (χ4n) is 1.76. The van der Waals surface area contributed by atoms with Crippen LogP contribution in [-0.4, -0.2) is 25.1 Å². The molecule has 0 aliphatic heterocycles. The molecule has 1 N–H and O–H groups in total. The summed E-state index contributed by atoms with van der Waals surface area (Å²) in [4.78, 5) is 13.2. The smallest absolute Gasteiger partial charge is 0.156 e. The van der Waals surface area contributed by atoms with Crippen LogP contribution in [0.5, 0.6) is 0 Å². The van der Waals surface area contributed by atoms with Crippen molar-refractivity contribution < 1.29 is 0 Å². The van der Waals surface area contributed by atoms with Crippen LogP contribution in [0.3, 0.4) is 0 Å². The monoisotopic (exact) mass is 259 g/mol. The van der Waals surface area contributed by atoms with E-state index in [-0.39, 0.29) is 5.54 Å². The molecular weight excluding hydrogens is 238 g/mol. The molecule has 2 aromatic rings. The molecule has 2 aromatic heterocycles. The largest absolute Gasteiger partial charge is 0.306 e. The van der Waals surface area contributed by atoms with Crippen LogP contribution in [0.15, 0.2) is 24.8 Å². The average molecular weight is 259 g/mol. The van der Waals surface area contributed by atoms with E-state index >= 15 is 0 Å². The Bertz CT molecular complexity index is 539. The summed E-state index contributed by atoms with van der Waals surface area (Å²) in [6.45, 7) is 9.19. The van der Waals surface area contributed by atoms with Crippen molar-refractivity contribution in [3.05, 3.63) is 36.3 Å². The minimum atomic E-state index is 0.0707. The van der Waals surface area contributed by atoms with Crippen molar-refractivity contribution in [2.75, 3.05) is 0 Å². The van der Waals surface area contributed by atoms with Gasteiger partial charge >= 0.3 is 0 Å². The lowest BCUT2D eigenvalue weighted by Crippen LogP contribution is -2.35. The van der Waals surface area contributed by atoms with Gasteiger partial charge in [-0.3, -0.25) is 9.55 Å². The second-order valence-corrected chi connectivity index (χ2v) is 5.54. The Balaban J connectivity index is 2.20. The zero-order valence-electron chi connectivity index (χ0n) is 12.0. The average Bonchev–Trinajstić information content (AvgIpc) is 2.84. The van der Waals surface area contributed by atoms with Crippen LogP contribution < -0.4 is 5.32 Å². The molecule has 0 radical (unpaired) electrons. The molecule has 0 bridgehead atoms. The second kappa shape index (κ2) is 5.48. The van der Waals surface area contributed by atoms with Crippen LogP contribution in [0.25, 0.3) is 5.82 Å². The van der Waals surface area contributed by atoms with Crippen molar-refractivity contribution in [3.63, 3.8) is 0 Å². The molecule has 0 atom stereocenters. The number of nitrogens with zero attached hydrogens (tertiary/aromatic N) is 4. The molecule has 19 heavy (non-hydrogen) atoms. The second-order valence-electron chi connectivity index (χ2n) is 5.54. The fourth-order valence-corrected chi connectivity index (χ4v) is 1.76. The van der Waals surface area contributed by atoms with Crippen molar-refractivity contribution >= 4 is 0 Å². The van der Waals surface area contributed by atoms with Gasteiger partial charge in [0.25, 0.3) is 0 Å². The Kier molecular flexibility index (Phi) is 3.95. The lowest BCUT2D eigenvalue weighted by atomic mass is 10.1. The summed E-state index contributed by atoms with van der Waals surface area (Å²) in [7, 11) is 0. The number of aryl methyl sites for hydroxylation is 1. The highest BCUT2D eigenvalue weighted by Crippen LogP contribution is 2.09. The first-order valence-corrected chi connectivity index (χ1v) is 6.58. The van der Waals surface area contributed by atoms with Crippen LogP contribution in [0.1, 0.15) is 39.2 Å². The van der Waals surface area contributed by atoms with Crippen LogP contribution in [0.2, 0.25) is 0 Å². The molecule has 0 amide bonds. The van der Waals surface area contributed by atoms with Crippen LogP contribution >= 0.6 is 0 Å². The Labute approximate surface area is 114 Å². The summed E-state index contributed by atoms with van der Waals surface area (Å²) >= 11 is 0. The molecule has 0 saturated carbocycles. The molecule has 0 fully saturated rings. The van der Waals surface area contributed by atoms with E-state index in [1.165, 1.54) is 0 Å². The van der Waals surface area contributed by atoms with Gasteiger partial charge in [-0.25, -0.2) is 9.97 Å². The van der Waals surface area contributed by atoms with Gasteiger partial charge in [0, 0.05) is 37.1 Å². The van der Waals surface area contributed by atoms with E-state index < -0.39 is 0 Å². The first-order valence-electron chi connectivity index (χ1n) is 6.58. The summed E-state index contributed by atoms with van der Waals surface area (Å²) in [5.41, 5.74) is 1.00. The third kappa shape index (κ3) is 3.61. The summed E-state index contributed by atoms with van der Waals surface area (Å²) < 4.78 is 1.98. The van der Waals surface area contributed by atoms with Crippen molar-refractivity contribution in [3.8, 4) is 5.82 Å². The van der Waals surface area contributed by atoms with Crippen molar-refractivity contribution in [2.24, 2.45) is 0 Å². The lowest BCUT2D eigenvalue weighted by Gasteiger charge is -2.20. The maximum Gasteiger partial charge on any atom is 0.156 e. The third-order valence-corrected chi connectivity index (χ3v) is 2.75. The van der Waals surface area contributed by atoms with Gasteiger partial charge < -0.3 is 5.32 Å². The topological polar surface area (TPSA) is 55.6 Å². The highest BCUT2D eigenvalue weighted by molar-refractivity contribution is 5.22. The highest BCUT2D eigenvalue weighted by Gasteiger charge is 2.10. The van der Waals surface area contributed by atoms with Gasteiger partial charge in [-0.15, -0.1) is 0 Å². The zero-order valence-corrected chi connectivity index (χ0v) is 12.0. The van der Waals surface area contributed by atoms with Crippen molar-refractivity contribution in [1.82, 2.24) is 24.8 Å². The quantitative estimate of drug-likeness (QED) is 0.913. The predicted octanol–water partition coefficient (Wildman–Crippen LogP) is 2.11. The lowest BCUT2D eigenvalue weighted by molar-refractivity contribution is 0.420. The van der Waals surface area contributed by atoms with Gasteiger partial charge in [-0.2, -0.15) is 0 Å². The highest BCUT2D eigenvalue weighted by atomic mass is 15.1. The molecule has 0 aliphatic carbocycles. The first-order chi connectivity index (χ1) is 8.99. The number of hydrogen-bond acceptors (Lipinski definition) is 4. The molecule has 0 aromatic carbocycles. The van der Waals surface area contributed by atoms with E-state index in [0.29, 0.717) is 6.54 Å². The summed E-state index contributed by atoms with van der Waals surface area (Å²) in [6.07, 6.45) is 8.15. The standard InChI is InChI=1S/C14H21N5/c1-5-12-16-6-7-19(12)13-10-15-8-11(18-13)9-17-14(2,3)4/h6-8,10,17H,5,9H2,1-4H3. The van der Waals surface area contributed by atoms with Crippen molar-refractivity contribution in [1.29, 1.82) is 0 Å². The maximum absolute atomic E-state index is 4.62. The van der Waals surface area contributed by atoms with Gasteiger partial charge in [0.15, 0.2) is 5.82 Å². The molecule has 5 nitrogen and oxygen atoms in total. The minimum Gasteiger partial charge on any atom is -0.306 e. The first kappa shape index (κ1) is 13.7. The Morgan fingerprint density at radius 1 is 1.26 bits per heavy atom. The zero-order chi connectivity index (χ0) is 13.9. The summed E-state index contributed by atoms with van der Waals surface area (Å²) in [5.74, 6) is 1.82. The van der Waals surface area contributed by atoms with Crippen LogP contribution in [0, 0.1) is 0 Å².